The summed E-state index contributed by atoms with van der Waals surface area (Å²) in [5, 5.41) is 16.1. The van der Waals surface area contributed by atoms with Gasteiger partial charge in [-0.05, 0) is 23.8 Å². The van der Waals surface area contributed by atoms with Crippen molar-refractivity contribution < 1.29 is 5.11 Å². The summed E-state index contributed by atoms with van der Waals surface area (Å²) in [6.45, 7) is 0. The van der Waals surface area contributed by atoms with Crippen LogP contribution in [0.5, 0.6) is 5.75 Å². The summed E-state index contributed by atoms with van der Waals surface area (Å²) in [6, 6.07) is 15.0. The Morgan fingerprint density at radius 2 is 2.00 bits per heavy atom. The summed E-state index contributed by atoms with van der Waals surface area (Å²) >= 11 is 5.11. The van der Waals surface area contributed by atoms with Crippen LogP contribution in [0.25, 0.3) is 11.3 Å². The van der Waals surface area contributed by atoms with Gasteiger partial charge in [0.15, 0.2) is 0 Å². The fourth-order valence-corrected chi connectivity index (χ4v) is 3.43. The predicted molar refractivity (Wildman–Crippen MR) is 98.0 cm³/mol. The number of phenolic OH excluding ortho intramolecular Hbond substituents is 1. The summed E-state index contributed by atoms with van der Waals surface area (Å²) in [7, 11) is 1.75. The zero-order valence-corrected chi connectivity index (χ0v) is 14.8. The van der Waals surface area contributed by atoms with E-state index in [1.165, 1.54) is 11.3 Å². The summed E-state index contributed by atoms with van der Waals surface area (Å²) < 4.78 is 2.80. The molecule has 3 rings (SSSR count). The number of rotatable bonds is 3. The van der Waals surface area contributed by atoms with Crippen LogP contribution in [0.3, 0.4) is 0 Å². The number of halogens is 1. The van der Waals surface area contributed by atoms with Gasteiger partial charge in [0, 0.05) is 22.5 Å². The number of phenols is 1. The molecule has 0 amide bonds. The van der Waals surface area contributed by atoms with Crippen LogP contribution < -0.4 is 4.80 Å². The summed E-state index contributed by atoms with van der Waals surface area (Å²) in [5.41, 5.74) is 2.83. The van der Waals surface area contributed by atoms with Crippen molar-refractivity contribution in [3.8, 4) is 17.0 Å². The molecule has 0 unspecified atom stereocenters. The van der Waals surface area contributed by atoms with Crippen molar-refractivity contribution in [1.29, 1.82) is 0 Å². The van der Waals surface area contributed by atoms with Gasteiger partial charge in [-0.15, -0.1) is 11.3 Å². The molecule has 0 saturated carbocycles. The molecule has 2 aromatic carbocycles. The third-order valence-electron chi connectivity index (χ3n) is 3.22. The molecule has 3 aromatic rings. The SMILES string of the molecule is CN=c1scc(-c2ccccc2Br)n1N=Cc1cccc(O)c1. The van der Waals surface area contributed by atoms with Crippen molar-refractivity contribution in [1.82, 2.24) is 4.68 Å². The van der Waals surface area contributed by atoms with Gasteiger partial charge in [0.25, 0.3) is 0 Å². The number of aromatic nitrogens is 1. The zero-order valence-electron chi connectivity index (χ0n) is 12.3. The molecule has 0 radical (unpaired) electrons. The molecule has 0 bridgehead atoms. The van der Waals surface area contributed by atoms with Crippen LogP contribution in [0.4, 0.5) is 0 Å². The number of aromatic hydroxyl groups is 1. The first-order valence-corrected chi connectivity index (χ1v) is 8.58. The molecule has 0 fully saturated rings. The monoisotopic (exact) mass is 387 g/mol. The maximum atomic E-state index is 9.55. The first-order valence-electron chi connectivity index (χ1n) is 6.90. The average molecular weight is 388 g/mol. The quantitative estimate of drug-likeness (QED) is 0.675. The van der Waals surface area contributed by atoms with Crippen LogP contribution in [0, 0.1) is 0 Å². The highest BCUT2D eigenvalue weighted by Crippen LogP contribution is 2.28. The van der Waals surface area contributed by atoms with Crippen molar-refractivity contribution in [2.45, 2.75) is 0 Å². The average Bonchev–Trinajstić information content (AvgIpc) is 2.96. The fraction of sp³-hybridized carbons (Fsp3) is 0.0588. The molecule has 0 atom stereocenters. The molecule has 0 spiro atoms. The molecule has 1 N–H and O–H groups in total. The van der Waals surface area contributed by atoms with E-state index >= 15 is 0 Å². The number of thiazole rings is 1. The summed E-state index contributed by atoms with van der Waals surface area (Å²) in [4.78, 5) is 5.08. The van der Waals surface area contributed by atoms with Gasteiger partial charge >= 0.3 is 0 Å². The molecule has 0 aliphatic carbocycles. The van der Waals surface area contributed by atoms with E-state index < -0.39 is 0 Å². The van der Waals surface area contributed by atoms with Crippen molar-refractivity contribution in [2.75, 3.05) is 7.05 Å². The van der Waals surface area contributed by atoms with Gasteiger partial charge in [-0.1, -0.05) is 46.3 Å². The molecule has 116 valence electrons. The molecule has 0 aliphatic rings. The maximum absolute atomic E-state index is 9.55. The lowest BCUT2D eigenvalue weighted by Crippen LogP contribution is -2.11. The van der Waals surface area contributed by atoms with E-state index in [0.29, 0.717) is 0 Å². The molecule has 4 nitrogen and oxygen atoms in total. The van der Waals surface area contributed by atoms with Crippen molar-refractivity contribution in [2.24, 2.45) is 10.1 Å². The van der Waals surface area contributed by atoms with E-state index in [2.05, 4.69) is 26.0 Å². The molecule has 0 aliphatic heterocycles. The molecule has 1 aromatic heterocycles. The Morgan fingerprint density at radius 1 is 1.17 bits per heavy atom. The third kappa shape index (κ3) is 3.43. The predicted octanol–water partition coefficient (Wildman–Crippen LogP) is 4.10. The normalized spacial score (nSPS) is 12.2. The lowest BCUT2D eigenvalue weighted by Gasteiger charge is -2.05. The van der Waals surface area contributed by atoms with Crippen LogP contribution in [-0.4, -0.2) is 23.0 Å². The summed E-state index contributed by atoms with van der Waals surface area (Å²) in [5.74, 6) is 0.218. The van der Waals surface area contributed by atoms with Crippen molar-refractivity contribution in [3.05, 3.63) is 68.7 Å². The first kappa shape index (κ1) is 15.7. The van der Waals surface area contributed by atoms with E-state index in [1.807, 2.05) is 35.7 Å². The van der Waals surface area contributed by atoms with Gasteiger partial charge in [0.05, 0.1) is 11.9 Å². The second-order valence-corrected chi connectivity index (χ2v) is 6.45. The van der Waals surface area contributed by atoms with E-state index in [-0.39, 0.29) is 5.75 Å². The molecule has 0 saturated heterocycles. The highest BCUT2D eigenvalue weighted by atomic mass is 79.9. The molecular weight excluding hydrogens is 374 g/mol. The standard InChI is InChI=1S/C17H14BrN3OS/c1-19-17-21(20-10-12-5-4-6-13(22)9-12)16(11-23-17)14-7-2-3-8-15(14)18/h2-11,22H,1H3. The highest BCUT2D eigenvalue weighted by molar-refractivity contribution is 9.10. The molecule has 6 heteroatoms. The number of hydrogen-bond donors (Lipinski definition) is 1. The van der Waals surface area contributed by atoms with Crippen LogP contribution in [0.15, 0.2) is 68.5 Å². The third-order valence-corrected chi connectivity index (χ3v) is 4.82. The van der Waals surface area contributed by atoms with Crippen LogP contribution >= 0.6 is 27.3 Å². The Balaban J connectivity index is 2.09. The minimum Gasteiger partial charge on any atom is -0.508 e. The Kier molecular flexibility index (Phi) is 4.73. The highest BCUT2D eigenvalue weighted by Gasteiger charge is 2.09. The lowest BCUT2D eigenvalue weighted by atomic mass is 10.2. The Morgan fingerprint density at radius 3 is 2.74 bits per heavy atom. The Labute approximate surface area is 146 Å². The smallest absolute Gasteiger partial charge is 0.205 e. The Hall–Kier alpha value is -2.18. The largest absolute Gasteiger partial charge is 0.508 e. The first-order chi connectivity index (χ1) is 11.2. The number of nitrogens with zero attached hydrogens (tertiary/aromatic N) is 3. The van der Waals surface area contributed by atoms with Crippen LogP contribution in [0.1, 0.15) is 5.56 Å². The van der Waals surface area contributed by atoms with Gasteiger partial charge in [-0.3, -0.25) is 4.99 Å². The minimum absolute atomic E-state index is 0.218. The molecule has 1 heterocycles. The minimum atomic E-state index is 0.218. The molecule has 23 heavy (non-hydrogen) atoms. The number of benzene rings is 2. The second kappa shape index (κ2) is 6.93. The molecular formula is C17H14BrN3OS. The van der Waals surface area contributed by atoms with Gasteiger partial charge < -0.3 is 5.11 Å². The lowest BCUT2D eigenvalue weighted by molar-refractivity contribution is 0.475. The van der Waals surface area contributed by atoms with Gasteiger partial charge in [0.2, 0.25) is 4.80 Å². The van der Waals surface area contributed by atoms with E-state index in [1.54, 1.807) is 36.1 Å². The van der Waals surface area contributed by atoms with Gasteiger partial charge in [0.1, 0.15) is 5.75 Å². The second-order valence-electron chi connectivity index (χ2n) is 4.76. The van der Waals surface area contributed by atoms with E-state index in [0.717, 1.165) is 26.1 Å². The fourth-order valence-electron chi connectivity index (χ4n) is 2.15. The Bertz CT molecular complexity index is 927. The topological polar surface area (TPSA) is 49.9 Å². The van der Waals surface area contributed by atoms with E-state index in [9.17, 15) is 5.11 Å². The van der Waals surface area contributed by atoms with Crippen LogP contribution in [0.2, 0.25) is 0 Å². The maximum Gasteiger partial charge on any atom is 0.205 e. The van der Waals surface area contributed by atoms with Gasteiger partial charge in [-0.2, -0.15) is 5.10 Å². The van der Waals surface area contributed by atoms with E-state index in [4.69, 9.17) is 0 Å². The van der Waals surface area contributed by atoms with Crippen LogP contribution in [-0.2, 0) is 0 Å². The van der Waals surface area contributed by atoms with Crippen molar-refractivity contribution >= 4 is 33.5 Å². The van der Waals surface area contributed by atoms with Crippen molar-refractivity contribution in [3.63, 3.8) is 0 Å². The number of hydrogen-bond acceptors (Lipinski definition) is 4. The summed E-state index contributed by atoms with van der Waals surface area (Å²) in [6.07, 6.45) is 1.71. The van der Waals surface area contributed by atoms with Gasteiger partial charge in [-0.25, -0.2) is 4.68 Å². The zero-order chi connectivity index (χ0) is 16.2.